The van der Waals surface area contributed by atoms with Gasteiger partial charge in [-0.05, 0) is 30.2 Å². The van der Waals surface area contributed by atoms with Crippen molar-refractivity contribution < 1.29 is 14.4 Å². The third-order valence-electron chi connectivity index (χ3n) is 5.55. The molecule has 0 saturated carbocycles. The van der Waals surface area contributed by atoms with Crippen LogP contribution in [0.5, 0.6) is 0 Å². The van der Waals surface area contributed by atoms with Crippen molar-refractivity contribution in [2.24, 2.45) is 9.98 Å². The molecule has 2 N–H and O–H groups in total. The summed E-state index contributed by atoms with van der Waals surface area (Å²) in [5.41, 5.74) is 2.21. The van der Waals surface area contributed by atoms with Crippen molar-refractivity contribution in [3.63, 3.8) is 0 Å². The van der Waals surface area contributed by atoms with Gasteiger partial charge in [0.1, 0.15) is 11.9 Å². The van der Waals surface area contributed by atoms with E-state index in [0.29, 0.717) is 34.8 Å². The Kier molecular flexibility index (Phi) is 8.20. The average Bonchev–Trinajstić information content (AvgIpc) is 3.18. The maximum Gasteiger partial charge on any atom is 0.259 e. The van der Waals surface area contributed by atoms with Gasteiger partial charge < -0.3 is 10.6 Å². The summed E-state index contributed by atoms with van der Waals surface area (Å²) in [4.78, 5) is 48.7. The number of thioether (sulfide) groups is 1. The summed E-state index contributed by atoms with van der Waals surface area (Å²) in [6, 6.07) is 13.9. The zero-order valence-electron chi connectivity index (χ0n) is 19.3. The molecule has 8 nitrogen and oxygen atoms in total. The lowest BCUT2D eigenvalue weighted by Gasteiger charge is -2.25. The molecule has 182 valence electrons. The number of para-hydroxylation sites is 1. The van der Waals surface area contributed by atoms with E-state index in [0.717, 1.165) is 35.7 Å². The van der Waals surface area contributed by atoms with Crippen LogP contribution in [-0.4, -0.2) is 52.0 Å². The Balaban J connectivity index is 1.44. The van der Waals surface area contributed by atoms with E-state index in [2.05, 4.69) is 20.6 Å². The molecule has 10 heteroatoms. The largest absolute Gasteiger partial charge is 0.356 e. The van der Waals surface area contributed by atoms with E-state index in [1.807, 2.05) is 49.4 Å². The molecule has 2 heterocycles. The number of carbonyl (C=O) groups is 3. The van der Waals surface area contributed by atoms with Gasteiger partial charge in [0, 0.05) is 23.7 Å². The molecule has 35 heavy (non-hydrogen) atoms. The summed E-state index contributed by atoms with van der Waals surface area (Å²) in [6.07, 6.45) is 1.82. The number of aliphatic imine (C=N–C) groups is 2. The number of carbonyl (C=O) groups excluding carboxylic acids is 3. The lowest BCUT2D eigenvalue weighted by molar-refractivity contribution is -0.128. The number of amides is 3. The van der Waals surface area contributed by atoms with Crippen LogP contribution in [0.3, 0.4) is 0 Å². The highest BCUT2D eigenvalue weighted by molar-refractivity contribution is 8.14. The van der Waals surface area contributed by atoms with Crippen molar-refractivity contribution in [2.75, 3.05) is 12.3 Å². The number of fused-ring (bicyclic) bond motifs is 3. The summed E-state index contributed by atoms with van der Waals surface area (Å²) in [5, 5.41) is 6.64. The molecule has 0 aliphatic carbocycles. The first-order valence-electron chi connectivity index (χ1n) is 11.5. The van der Waals surface area contributed by atoms with Crippen LogP contribution in [0, 0.1) is 0 Å². The first-order valence-corrected chi connectivity index (χ1v) is 12.8. The van der Waals surface area contributed by atoms with Crippen LogP contribution in [0.1, 0.15) is 37.3 Å². The van der Waals surface area contributed by atoms with Gasteiger partial charge in [-0.25, -0.2) is 9.89 Å². The molecule has 0 bridgehead atoms. The van der Waals surface area contributed by atoms with Crippen molar-refractivity contribution in [3.8, 4) is 0 Å². The molecule has 4 rings (SSSR count). The Morgan fingerprint density at radius 3 is 2.66 bits per heavy atom. The topological polar surface area (TPSA) is 103 Å². The molecule has 0 radical (unpaired) electrons. The van der Waals surface area contributed by atoms with Gasteiger partial charge in [-0.1, -0.05) is 67.0 Å². The molecular formula is C25H26ClN5O3S. The molecule has 1 atom stereocenters. The van der Waals surface area contributed by atoms with E-state index in [4.69, 9.17) is 11.6 Å². The summed E-state index contributed by atoms with van der Waals surface area (Å²) >= 11 is 7.31. The normalized spacial score (nSPS) is 16.2. The van der Waals surface area contributed by atoms with Crippen LogP contribution in [-0.2, 0) is 20.9 Å². The van der Waals surface area contributed by atoms with Crippen LogP contribution in [0.25, 0.3) is 0 Å². The highest BCUT2D eigenvalue weighted by atomic mass is 35.5. The number of hydrogen-bond acceptors (Lipinski definition) is 6. The highest BCUT2D eigenvalue weighted by Crippen LogP contribution is 2.34. The summed E-state index contributed by atoms with van der Waals surface area (Å²) in [5.74, 6) is -0.216. The van der Waals surface area contributed by atoms with E-state index in [9.17, 15) is 14.4 Å². The minimum absolute atomic E-state index is 0.0268. The Bertz CT molecular complexity index is 1200. The molecule has 0 saturated heterocycles. The number of nitrogens with one attached hydrogen (secondary N) is 2. The van der Waals surface area contributed by atoms with Crippen LogP contribution < -0.4 is 10.6 Å². The third-order valence-corrected chi connectivity index (χ3v) is 6.85. The second-order valence-corrected chi connectivity index (χ2v) is 9.47. The van der Waals surface area contributed by atoms with Crippen molar-refractivity contribution in [3.05, 3.63) is 64.7 Å². The molecule has 2 aliphatic heterocycles. The SMILES string of the molecule is CCCCNC(=O)C[C@@H]1N=C2c3ccccc3N=C(SCC(=O)NCc3ccccc3Cl)N2C1=O. The van der Waals surface area contributed by atoms with Crippen molar-refractivity contribution in [1.82, 2.24) is 15.5 Å². The van der Waals surface area contributed by atoms with Crippen LogP contribution >= 0.6 is 23.4 Å². The molecule has 3 amide bonds. The number of rotatable bonds is 9. The Morgan fingerprint density at radius 1 is 1.09 bits per heavy atom. The predicted molar refractivity (Wildman–Crippen MR) is 139 cm³/mol. The maximum atomic E-state index is 13.2. The van der Waals surface area contributed by atoms with Gasteiger partial charge in [0.2, 0.25) is 11.8 Å². The molecule has 0 aromatic heterocycles. The second-order valence-electron chi connectivity index (χ2n) is 8.12. The third kappa shape index (κ3) is 5.91. The molecule has 0 fully saturated rings. The van der Waals surface area contributed by atoms with Crippen LogP contribution in [0.15, 0.2) is 58.5 Å². The summed E-state index contributed by atoms with van der Waals surface area (Å²) in [7, 11) is 0. The highest BCUT2D eigenvalue weighted by Gasteiger charge is 2.42. The van der Waals surface area contributed by atoms with Gasteiger partial charge in [-0.2, -0.15) is 0 Å². The quantitative estimate of drug-likeness (QED) is 0.501. The van der Waals surface area contributed by atoms with Gasteiger partial charge in [-0.3, -0.25) is 19.4 Å². The minimum Gasteiger partial charge on any atom is -0.356 e. The Hall–Kier alpha value is -3.17. The van der Waals surface area contributed by atoms with Gasteiger partial charge in [0.05, 0.1) is 17.9 Å². The zero-order chi connectivity index (χ0) is 24.8. The number of amidine groups is 2. The van der Waals surface area contributed by atoms with E-state index in [1.165, 1.54) is 4.90 Å². The second kappa shape index (κ2) is 11.5. The smallest absolute Gasteiger partial charge is 0.259 e. The van der Waals surface area contributed by atoms with E-state index in [-0.39, 0.29) is 29.9 Å². The molecule has 2 aromatic rings. The van der Waals surface area contributed by atoms with E-state index >= 15 is 0 Å². The lowest BCUT2D eigenvalue weighted by Crippen LogP contribution is -2.42. The van der Waals surface area contributed by atoms with Gasteiger partial charge in [0.25, 0.3) is 5.91 Å². The lowest BCUT2D eigenvalue weighted by atomic mass is 10.1. The molecular weight excluding hydrogens is 486 g/mol. The first kappa shape index (κ1) is 24.9. The van der Waals surface area contributed by atoms with Gasteiger partial charge in [0.15, 0.2) is 5.17 Å². The number of halogens is 1. The standard InChI is InChI=1S/C25H26ClN5O3S/c1-2-3-12-27-21(32)13-20-24(34)31-23(29-20)17-9-5-7-11-19(17)30-25(31)35-15-22(33)28-14-16-8-4-6-10-18(16)26/h4-11,20H,2-3,12-15H2,1H3,(H,27,32)(H,28,33)/t20-/m0/s1. The summed E-state index contributed by atoms with van der Waals surface area (Å²) < 4.78 is 0. The van der Waals surface area contributed by atoms with Crippen molar-refractivity contribution >= 4 is 57.8 Å². The van der Waals surface area contributed by atoms with Gasteiger partial charge >= 0.3 is 0 Å². The Morgan fingerprint density at radius 2 is 1.86 bits per heavy atom. The molecule has 2 aromatic carbocycles. The number of benzene rings is 2. The predicted octanol–water partition coefficient (Wildman–Crippen LogP) is 3.65. The maximum absolute atomic E-state index is 13.2. The average molecular weight is 512 g/mol. The number of nitrogens with zero attached hydrogens (tertiary/aromatic N) is 3. The van der Waals surface area contributed by atoms with Gasteiger partial charge in [-0.15, -0.1) is 0 Å². The minimum atomic E-state index is -0.822. The van der Waals surface area contributed by atoms with E-state index in [1.54, 1.807) is 6.07 Å². The number of hydrogen-bond donors (Lipinski definition) is 2. The number of unbranched alkanes of at least 4 members (excludes halogenated alkanes) is 1. The zero-order valence-corrected chi connectivity index (χ0v) is 20.9. The molecule has 2 aliphatic rings. The van der Waals surface area contributed by atoms with Crippen molar-refractivity contribution in [1.29, 1.82) is 0 Å². The van der Waals surface area contributed by atoms with E-state index < -0.39 is 6.04 Å². The van der Waals surface area contributed by atoms with Crippen LogP contribution in [0.2, 0.25) is 5.02 Å². The monoisotopic (exact) mass is 511 g/mol. The Labute approximate surface area is 213 Å². The first-order chi connectivity index (χ1) is 17.0. The van der Waals surface area contributed by atoms with Crippen molar-refractivity contribution in [2.45, 2.75) is 38.8 Å². The fraction of sp³-hybridized carbons (Fsp3) is 0.320. The fourth-order valence-corrected chi connectivity index (χ4v) is 4.73. The molecule has 0 spiro atoms. The van der Waals surface area contributed by atoms with Crippen LogP contribution in [0.4, 0.5) is 5.69 Å². The summed E-state index contributed by atoms with van der Waals surface area (Å²) in [6.45, 7) is 2.92. The fourth-order valence-electron chi connectivity index (χ4n) is 3.70. The molecule has 0 unspecified atom stereocenters.